The minimum atomic E-state index is -0.341. The van der Waals surface area contributed by atoms with Crippen LogP contribution < -0.4 is 15.4 Å². The van der Waals surface area contributed by atoms with Gasteiger partial charge in [-0.2, -0.15) is 0 Å². The number of benzene rings is 2. The van der Waals surface area contributed by atoms with Gasteiger partial charge in [-0.15, -0.1) is 10.2 Å². The summed E-state index contributed by atoms with van der Waals surface area (Å²) in [6, 6.07) is 12.4. The summed E-state index contributed by atoms with van der Waals surface area (Å²) < 4.78 is 6.23. The SMILES string of the molecule is CCCc1nnc(C(=O)Nc2cccc(C(=O)NCc3cc(Br)ccc3OC)c2)s1. The first-order valence-corrected chi connectivity index (χ1v) is 11.0. The Morgan fingerprint density at radius 1 is 1.13 bits per heavy atom. The number of anilines is 1. The Morgan fingerprint density at radius 2 is 1.97 bits per heavy atom. The predicted molar refractivity (Wildman–Crippen MR) is 120 cm³/mol. The highest BCUT2D eigenvalue weighted by Gasteiger charge is 2.14. The molecule has 0 aliphatic rings. The highest BCUT2D eigenvalue weighted by molar-refractivity contribution is 9.10. The summed E-state index contributed by atoms with van der Waals surface area (Å²) in [5, 5.41) is 14.7. The summed E-state index contributed by atoms with van der Waals surface area (Å²) >= 11 is 4.70. The highest BCUT2D eigenvalue weighted by atomic mass is 79.9. The minimum Gasteiger partial charge on any atom is -0.496 e. The number of aryl methyl sites for hydroxylation is 1. The fourth-order valence-electron chi connectivity index (χ4n) is 2.75. The van der Waals surface area contributed by atoms with Gasteiger partial charge in [0.15, 0.2) is 0 Å². The van der Waals surface area contributed by atoms with E-state index in [1.165, 1.54) is 11.3 Å². The molecule has 2 N–H and O–H groups in total. The molecule has 9 heteroatoms. The Hall–Kier alpha value is -2.78. The van der Waals surface area contributed by atoms with Crippen LogP contribution in [0.5, 0.6) is 5.75 Å². The van der Waals surface area contributed by atoms with E-state index in [2.05, 4.69) is 36.8 Å². The summed E-state index contributed by atoms with van der Waals surface area (Å²) in [5.41, 5.74) is 1.80. The third-order valence-electron chi connectivity index (χ3n) is 4.19. The maximum Gasteiger partial charge on any atom is 0.286 e. The first kappa shape index (κ1) is 21.9. The third-order valence-corrected chi connectivity index (χ3v) is 5.66. The molecule has 3 rings (SSSR count). The smallest absolute Gasteiger partial charge is 0.286 e. The molecule has 7 nitrogen and oxygen atoms in total. The maximum atomic E-state index is 12.6. The van der Waals surface area contributed by atoms with Crippen LogP contribution in [0.1, 0.15) is 44.1 Å². The van der Waals surface area contributed by atoms with Gasteiger partial charge in [0.05, 0.1) is 7.11 Å². The molecule has 0 atom stereocenters. The van der Waals surface area contributed by atoms with Crippen LogP contribution >= 0.6 is 27.3 Å². The number of nitrogens with zero attached hydrogens (tertiary/aromatic N) is 2. The number of rotatable bonds is 8. The van der Waals surface area contributed by atoms with E-state index in [1.807, 2.05) is 25.1 Å². The van der Waals surface area contributed by atoms with Gasteiger partial charge >= 0.3 is 0 Å². The van der Waals surface area contributed by atoms with E-state index in [-0.39, 0.29) is 11.8 Å². The second-order valence-electron chi connectivity index (χ2n) is 6.42. The molecule has 0 radical (unpaired) electrons. The molecule has 0 unspecified atom stereocenters. The highest BCUT2D eigenvalue weighted by Crippen LogP contribution is 2.23. The van der Waals surface area contributed by atoms with Crippen LogP contribution in [0.3, 0.4) is 0 Å². The summed E-state index contributed by atoms with van der Waals surface area (Å²) in [4.78, 5) is 25.0. The van der Waals surface area contributed by atoms with Gasteiger partial charge in [-0.1, -0.05) is 40.3 Å². The topological polar surface area (TPSA) is 93.2 Å². The van der Waals surface area contributed by atoms with E-state index in [0.29, 0.717) is 28.6 Å². The molecule has 30 heavy (non-hydrogen) atoms. The molecule has 0 fully saturated rings. The second-order valence-corrected chi connectivity index (χ2v) is 8.40. The third kappa shape index (κ3) is 5.64. The van der Waals surface area contributed by atoms with Crippen molar-refractivity contribution in [1.29, 1.82) is 0 Å². The lowest BCUT2D eigenvalue weighted by Crippen LogP contribution is -2.23. The molecule has 1 heterocycles. The Morgan fingerprint density at radius 3 is 2.73 bits per heavy atom. The van der Waals surface area contributed by atoms with E-state index in [9.17, 15) is 9.59 Å². The van der Waals surface area contributed by atoms with Gasteiger partial charge in [-0.3, -0.25) is 9.59 Å². The van der Waals surface area contributed by atoms with Crippen molar-refractivity contribution in [3.05, 3.63) is 68.1 Å². The molecule has 1 aromatic heterocycles. The van der Waals surface area contributed by atoms with E-state index >= 15 is 0 Å². The monoisotopic (exact) mass is 488 g/mol. The van der Waals surface area contributed by atoms with E-state index in [0.717, 1.165) is 27.9 Å². The summed E-state index contributed by atoms with van der Waals surface area (Å²) in [7, 11) is 1.59. The molecule has 0 aliphatic heterocycles. The molecule has 0 saturated heterocycles. The lowest BCUT2D eigenvalue weighted by atomic mass is 10.1. The number of aromatic nitrogens is 2. The van der Waals surface area contributed by atoms with Crippen molar-refractivity contribution >= 4 is 44.8 Å². The number of carbonyl (C=O) groups is 2. The fraction of sp³-hybridized carbons (Fsp3) is 0.238. The predicted octanol–water partition coefficient (Wildman–Crippen LogP) is 4.44. The number of carbonyl (C=O) groups excluding carboxylic acids is 2. The van der Waals surface area contributed by atoms with Crippen LogP contribution in [0, 0.1) is 0 Å². The lowest BCUT2D eigenvalue weighted by Gasteiger charge is -2.11. The minimum absolute atomic E-state index is 0.255. The quantitative estimate of drug-likeness (QED) is 0.488. The van der Waals surface area contributed by atoms with Gasteiger partial charge in [-0.05, 0) is 42.8 Å². The summed E-state index contributed by atoms with van der Waals surface area (Å²) in [5.74, 6) is 0.0968. The Bertz CT molecular complexity index is 1050. The van der Waals surface area contributed by atoms with Crippen molar-refractivity contribution in [1.82, 2.24) is 15.5 Å². The normalized spacial score (nSPS) is 10.5. The molecule has 0 saturated carbocycles. The molecule has 0 spiro atoms. The number of hydrogen-bond donors (Lipinski definition) is 2. The molecule has 156 valence electrons. The zero-order valence-electron chi connectivity index (χ0n) is 16.6. The van der Waals surface area contributed by atoms with Gasteiger partial charge in [0.25, 0.3) is 11.8 Å². The van der Waals surface area contributed by atoms with Crippen molar-refractivity contribution in [3.63, 3.8) is 0 Å². The lowest BCUT2D eigenvalue weighted by molar-refractivity contribution is 0.0949. The first-order valence-electron chi connectivity index (χ1n) is 9.34. The maximum absolute atomic E-state index is 12.6. The fourth-order valence-corrected chi connectivity index (χ4v) is 3.99. The number of amides is 2. The van der Waals surface area contributed by atoms with Crippen LogP contribution in [-0.2, 0) is 13.0 Å². The Balaban J connectivity index is 1.65. The summed E-state index contributed by atoms with van der Waals surface area (Å²) in [6.45, 7) is 2.35. The first-order chi connectivity index (χ1) is 14.5. The van der Waals surface area contributed by atoms with Crippen molar-refractivity contribution in [2.75, 3.05) is 12.4 Å². The molecule has 2 aromatic carbocycles. The largest absolute Gasteiger partial charge is 0.496 e. The van der Waals surface area contributed by atoms with E-state index in [4.69, 9.17) is 4.74 Å². The van der Waals surface area contributed by atoms with Gasteiger partial charge < -0.3 is 15.4 Å². The Labute approximate surface area is 187 Å². The van der Waals surface area contributed by atoms with Gasteiger partial charge in [0.2, 0.25) is 5.01 Å². The Kier molecular flexibility index (Phi) is 7.53. The second kappa shape index (κ2) is 10.3. The standard InChI is InChI=1S/C21H21BrN4O3S/c1-3-5-18-25-26-21(30-18)20(28)24-16-7-4-6-13(11-16)19(27)23-12-14-10-15(22)8-9-17(14)29-2/h4,6-11H,3,5,12H2,1-2H3,(H,23,27)(H,24,28). The van der Waals surface area contributed by atoms with Crippen LogP contribution in [0.4, 0.5) is 5.69 Å². The van der Waals surface area contributed by atoms with Crippen molar-refractivity contribution in [2.24, 2.45) is 0 Å². The van der Waals surface area contributed by atoms with E-state index in [1.54, 1.807) is 31.4 Å². The van der Waals surface area contributed by atoms with Gasteiger partial charge in [-0.25, -0.2) is 0 Å². The number of halogens is 1. The van der Waals surface area contributed by atoms with E-state index < -0.39 is 0 Å². The average molecular weight is 489 g/mol. The molecule has 2 amide bonds. The van der Waals surface area contributed by atoms with Crippen LogP contribution in [0.25, 0.3) is 0 Å². The number of methoxy groups -OCH3 is 1. The van der Waals surface area contributed by atoms with Crippen LogP contribution in [0.15, 0.2) is 46.9 Å². The zero-order chi connectivity index (χ0) is 21.5. The molecule has 0 aliphatic carbocycles. The molecule has 3 aromatic rings. The number of ether oxygens (including phenoxy) is 1. The number of hydrogen-bond acceptors (Lipinski definition) is 6. The average Bonchev–Trinajstić information content (AvgIpc) is 3.21. The molecular formula is C21H21BrN4O3S. The van der Waals surface area contributed by atoms with Gasteiger partial charge in [0, 0.05) is 34.3 Å². The van der Waals surface area contributed by atoms with Crippen molar-refractivity contribution in [2.45, 2.75) is 26.3 Å². The van der Waals surface area contributed by atoms with Crippen molar-refractivity contribution in [3.8, 4) is 5.75 Å². The molecular weight excluding hydrogens is 468 g/mol. The van der Waals surface area contributed by atoms with Crippen LogP contribution in [0.2, 0.25) is 0 Å². The van der Waals surface area contributed by atoms with Gasteiger partial charge in [0.1, 0.15) is 10.8 Å². The van der Waals surface area contributed by atoms with Crippen LogP contribution in [-0.4, -0.2) is 29.1 Å². The zero-order valence-corrected chi connectivity index (χ0v) is 19.0. The summed E-state index contributed by atoms with van der Waals surface area (Å²) in [6.07, 6.45) is 1.74. The molecule has 0 bridgehead atoms. The number of nitrogens with one attached hydrogen (secondary N) is 2. The van der Waals surface area contributed by atoms with Crippen molar-refractivity contribution < 1.29 is 14.3 Å².